The van der Waals surface area contributed by atoms with Gasteiger partial charge in [0.15, 0.2) is 0 Å². The number of thiophene rings is 1. The van der Waals surface area contributed by atoms with Crippen LogP contribution in [0.1, 0.15) is 42.8 Å². The lowest BCUT2D eigenvalue weighted by atomic mass is 9.95. The first-order chi connectivity index (χ1) is 10.0. The van der Waals surface area contributed by atoms with Crippen molar-refractivity contribution in [1.29, 1.82) is 0 Å². The summed E-state index contributed by atoms with van der Waals surface area (Å²) in [4.78, 5) is 18.1. The zero-order chi connectivity index (χ0) is 14.9. The van der Waals surface area contributed by atoms with Gasteiger partial charge < -0.3 is 10.1 Å². The van der Waals surface area contributed by atoms with Crippen LogP contribution in [0.5, 0.6) is 0 Å². The van der Waals surface area contributed by atoms with Crippen molar-refractivity contribution in [1.82, 2.24) is 10.3 Å². The van der Waals surface area contributed by atoms with E-state index in [4.69, 9.17) is 4.74 Å². The van der Waals surface area contributed by atoms with Crippen LogP contribution in [-0.4, -0.2) is 29.1 Å². The summed E-state index contributed by atoms with van der Waals surface area (Å²) in [5, 5.41) is 4.00. The van der Waals surface area contributed by atoms with E-state index in [0.29, 0.717) is 11.4 Å². The summed E-state index contributed by atoms with van der Waals surface area (Å²) in [6, 6.07) is 5.76. The van der Waals surface area contributed by atoms with Crippen LogP contribution in [0.2, 0.25) is 0 Å². The number of fused-ring (bicyclic) bond motifs is 1. The van der Waals surface area contributed by atoms with E-state index in [1.807, 2.05) is 18.2 Å². The molecule has 1 unspecified atom stereocenters. The molecule has 0 bridgehead atoms. The fourth-order valence-electron chi connectivity index (χ4n) is 2.75. The van der Waals surface area contributed by atoms with Crippen molar-refractivity contribution in [2.45, 2.75) is 44.8 Å². The minimum atomic E-state index is -0.0742. The second-order valence-corrected chi connectivity index (χ2v) is 7.14. The van der Waals surface area contributed by atoms with Crippen LogP contribution in [0.4, 0.5) is 0 Å². The first kappa shape index (κ1) is 14.5. The Hall–Kier alpha value is -1.46. The monoisotopic (exact) mass is 304 g/mol. The van der Waals surface area contributed by atoms with E-state index >= 15 is 0 Å². The Balaban J connectivity index is 1.61. The number of carbonyl (C=O) groups is 1. The molecule has 21 heavy (non-hydrogen) atoms. The summed E-state index contributed by atoms with van der Waals surface area (Å²) in [6.07, 6.45) is 5.11. The summed E-state index contributed by atoms with van der Waals surface area (Å²) < 4.78 is 6.00. The molecule has 3 heterocycles. The molecule has 1 fully saturated rings. The summed E-state index contributed by atoms with van der Waals surface area (Å²) in [7, 11) is 0. The summed E-state index contributed by atoms with van der Waals surface area (Å²) in [6.45, 7) is 4.79. The normalized spacial score (nSPS) is 21.3. The second kappa shape index (κ2) is 5.73. The van der Waals surface area contributed by atoms with Gasteiger partial charge in [0, 0.05) is 18.1 Å². The number of hydrogen-bond donors (Lipinski definition) is 1. The number of aromatic nitrogens is 1. The van der Waals surface area contributed by atoms with Crippen LogP contribution in [-0.2, 0) is 4.74 Å². The van der Waals surface area contributed by atoms with Gasteiger partial charge in [-0.05, 0) is 45.2 Å². The van der Waals surface area contributed by atoms with Gasteiger partial charge >= 0.3 is 0 Å². The van der Waals surface area contributed by atoms with Crippen molar-refractivity contribution in [3.8, 4) is 0 Å². The minimum absolute atomic E-state index is 0.0371. The average molecular weight is 304 g/mol. The molecule has 0 radical (unpaired) electrons. The molecule has 1 aliphatic heterocycles. The molecule has 5 heteroatoms. The Morgan fingerprint density at radius 2 is 2.43 bits per heavy atom. The first-order valence-electron chi connectivity index (χ1n) is 7.34. The van der Waals surface area contributed by atoms with Gasteiger partial charge in [0.25, 0.3) is 5.91 Å². The van der Waals surface area contributed by atoms with E-state index in [1.165, 1.54) is 11.3 Å². The molecule has 0 aliphatic carbocycles. The highest BCUT2D eigenvalue weighted by Gasteiger charge is 2.28. The van der Waals surface area contributed by atoms with Crippen LogP contribution in [0.3, 0.4) is 0 Å². The highest BCUT2D eigenvalue weighted by molar-refractivity contribution is 7.20. The zero-order valence-electron chi connectivity index (χ0n) is 12.4. The highest BCUT2D eigenvalue weighted by atomic mass is 32.1. The van der Waals surface area contributed by atoms with E-state index in [0.717, 1.165) is 29.5 Å². The standard InChI is InChI=1S/C16H20N2O2S/c1-16(2)7-3-6-12(20-16)10-18-14(19)13-9-11-5-4-8-17-15(11)21-13/h4-5,8-9,12H,3,6-7,10H2,1-2H3,(H,18,19). The third kappa shape index (κ3) is 3.41. The molecular formula is C16H20N2O2S. The smallest absolute Gasteiger partial charge is 0.261 e. The van der Waals surface area contributed by atoms with Gasteiger partial charge in [-0.25, -0.2) is 4.98 Å². The van der Waals surface area contributed by atoms with E-state index in [2.05, 4.69) is 24.1 Å². The van der Waals surface area contributed by atoms with Crippen molar-refractivity contribution >= 4 is 27.5 Å². The number of rotatable bonds is 3. The van der Waals surface area contributed by atoms with Gasteiger partial charge in [0.1, 0.15) is 4.83 Å². The third-order valence-electron chi connectivity index (χ3n) is 3.80. The quantitative estimate of drug-likeness (QED) is 0.946. The summed E-state index contributed by atoms with van der Waals surface area (Å²) in [5.41, 5.74) is -0.0742. The van der Waals surface area contributed by atoms with Crippen molar-refractivity contribution in [3.63, 3.8) is 0 Å². The van der Waals surface area contributed by atoms with Crippen molar-refractivity contribution in [2.24, 2.45) is 0 Å². The van der Waals surface area contributed by atoms with E-state index in [-0.39, 0.29) is 17.6 Å². The number of pyridine rings is 1. The van der Waals surface area contributed by atoms with Gasteiger partial charge in [0.05, 0.1) is 16.6 Å². The highest BCUT2D eigenvalue weighted by Crippen LogP contribution is 2.28. The summed E-state index contributed by atoms with van der Waals surface area (Å²) in [5.74, 6) is -0.0371. The molecule has 112 valence electrons. The van der Waals surface area contributed by atoms with E-state index in [1.54, 1.807) is 6.20 Å². The lowest BCUT2D eigenvalue weighted by Crippen LogP contribution is -2.42. The molecule has 1 amide bonds. The van der Waals surface area contributed by atoms with E-state index < -0.39 is 0 Å². The maximum Gasteiger partial charge on any atom is 0.261 e. The van der Waals surface area contributed by atoms with Gasteiger partial charge in [-0.2, -0.15) is 0 Å². The Morgan fingerprint density at radius 1 is 1.57 bits per heavy atom. The summed E-state index contributed by atoms with van der Waals surface area (Å²) >= 11 is 1.43. The first-order valence-corrected chi connectivity index (χ1v) is 8.16. The molecule has 3 rings (SSSR count). The van der Waals surface area contributed by atoms with Crippen molar-refractivity contribution in [2.75, 3.05) is 6.54 Å². The predicted octanol–water partition coefficient (Wildman–Crippen LogP) is 3.37. The number of carbonyl (C=O) groups excluding carboxylic acids is 1. The maximum absolute atomic E-state index is 12.2. The van der Waals surface area contributed by atoms with E-state index in [9.17, 15) is 4.79 Å². The Morgan fingerprint density at radius 3 is 3.19 bits per heavy atom. The largest absolute Gasteiger partial charge is 0.371 e. The van der Waals surface area contributed by atoms with Gasteiger partial charge in [0.2, 0.25) is 0 Å². The van der Waals surface area contributed by atoms with Crippen molar-refractivity contribution in [3.05, 3.63) is 29.3 Å². The molecule has 4 nitrogen and oxygen atoms in total. The molecule has 1 N–H and O–H groups in total. The number of nitrogens with zero attached hydrogens (tertiary/aromatic N) is 1. The molecule has 2 aromatic rings. The fraction of sp³-hybridized carbons (Fsp3) is 0.500. The molecule has 0 spiro atoms. The third-order valence-corrected chi connectivity index (χ3v) is 4.86. The number of amides is 1. The molecule has 1 aliphatic rings. The lowest BCUT2D eigenvalue weighted by Gasteiger charge is -2.36. The molecule has 2 aromatic heterocycles. The molecular weight excluding hydrogens is 284 g/mol. The van der Waals surface area contributed by atoms with Gasteiger partial charge in [-0.15, -0.1) is 11.3 Å². The van der Waals surface area contributed by atoms with Gasteiger partial charge in [-0.1, -0.05) is 6.07 Å². The maximum atomic E-state index is 12.2. The second-order valence-electron chi connectivity index (χ2n) is 6.11. The lowest BCUT2D eigenvalue weighted by molar-refractivity contribution is -0.104. The number of hydrogen-bond acceptors (Lipinski definition) is 4. The van der Waals surface area contributed by atoms with Crippen LogP contribution < -0.4 is 5.32 Å². The predicted molar refractivity (Wildman–Crippen MR) is 84.8 cm³/mol. The Bertz CT molecular complexity index is 618. The average Bonchev–Trinajstić information content (AvgIpc) is 2.87. The van der Waals surface area contributed by atoms with Gasteiger partial charge in [-0.3, -0.25) is 4.79 Å². The molecule has 1 atom stereocenters. The van der Waals surface area contributed by atoms with Crippen LogP contribution in [0.15, 0.2) is 24.4 Å². The Labute approximate surface area is 128 Å². The minimum Gasteiger partial charge on any atom is -0.371 e. The molecule has 1 saturated heterocycles. The number of ether oxygens (including phenoxy) is 1. The number of nitrogens with one attached hydrogen (secondary N) is 1. The van der Waals surface area contributed by atoms with Crippen LogP contribution in [0, 0.1) is 0 Å². The zero-order valence-corrected chi connectivity index (χ0v) is 13.2. The fourth-order valence-corrected chi connectivity index (χ4v) is 3.66. The van der Waals surface area contributed by atoms with Crippen LogP contribution in [0.25, 0.3) is 10.2 Å². The topological polar surface area (TPSA) is 51.2 Å². The SMILES string of the molecule is CC1(C)CCCC(CNC(=O)c2cc3cccnc3s2)O1. The molecule has 0 aromatic carbocycles. The van der Waals surface area contributed by atoms with Crippen LogP contribution >= 0.6 is 11.3 Å². The van der Waals surface area contributed by atoms with Crippen molar-refractivity contribution < 1.29 is 9.53 Å². The molecule has 0 saturated carbocycles. The Kier molecular flexibility index (Phi) is 3.95.